The molecule has 0 radical (unpaired) electrons. The number of aromatic nitrogens is 13. The number of piperazine rings is 1. The highest BCUT2D eigenvalue weighted by Gasteiger charge is 2.25. The lowest BCUT2D eigenvalue weighted by molar-refractivity contribution is 0.0925. The predicted octanol–water partition coefficient (Wildman–Crippen LogP) is 18.9. The SMILES string of the molecule is Cc1ccncc1NC(=O)c1n[nH]c2ccc(-c3cc(F)cc(CN4CCN(C)CC4)c3)cc12.Cc1ccncc1NC(=O)c1n[nH]c2ccc(-c3cncc(CN4CCCC4)c3)cc12.O=C(NC1CCCCC1)c1cncc(-c2ccc3[nH]nc(C(=O)Nc4ccccc4)c3c2)c1.O=C(Nc1ccccc1)c1n[nH]c2ccc(-c3cncc(Oc4ccccc4)c3)cc12. The number of nitrogens with zero attached hydrogens (tertiary/aromatic N) is 12. The van der Waals surface area contributed by atoms with Crippen molar-refractivity contribution < 1.29 is 33.1 Å². The Labute approximate surface area is 742 Å². The Morgan fingerprint density at radius 2 is 0.798 bits per heavy atom. The van der Waals surface area contributed by atoms with Crippen LogP contribution in [0.2, 0.25) is 0 Å². The van der Waals surface area contributed by atoms with Gasteiger partial charge in [0.2, 0.25) is 0 Å². The number of carbonyl (C=O) groups is 5. The molecular formula is C101H94FN21O6. The average Bonchev–Trinajstić information content (AvgIpc) is 1.67. The van der Waals surface area contributed by atoms with Gasteiger partial charge in [-0.05, 0) is 243 Å². The van der Waals surface area contributed by atoms with Gasteiger partial charge < -0.3 is 36.2 Å². The number of amides is 5. The number of anilines is 4. The monoisotopic (exact) mass is 1720 g/mol. The first-order valence-corrected chi connectivity index (χ1v) is 43.0. The molecule has 0 bridgehead atoms. The number of likely N-dealkylation sites (tertiary alicyclic amines) is 1. The van der Waals surface area contributed by atoms with Crippen LogP contribution in [0.25, 0.3) is 88.1 Å². The Balaban J connectivity index is 0.000000121. The summed E-state index contributed by atoms with van der Waals surface area (Å²) in [5.41, 5.74) is 18.8. The number of benzene rings is 8. The number of pyridine rings is 5. The Bertz CT molecular complexity index is 6860. The molecule has 646 valence electrons. The number of hydrogen-bond acceptors (Lipinski definition) is 18. The number of hydrogen-bond donors (Lipinski definition) is 9. The minimum atomic E-state index is -0.325. The van der Waals surface area contributed by atoms with Crippen molar-refractivity contribution in [2.24, 2.45) is 0 Å². The van der Waals surface area contributed by atoms with E-state index in [9.17, 15) is 28.4 Å². The van der Waals surface area contributed by atoms with Crippen LogP contribution in [-0.2, 0) is 13.1 Å². The van der Waals surface area contributed by atoms with Crippen LogP contribution in [0.5, 0.6) is 11.5 Å². The minimum absolute atomic E-state index is 0.0939. The topological polar surface area (TPSA) is 344 Å². The van der Waals surface area contributed by atoms with Crippen molar-refractivity contribution in [3.05, 3.63) is 331 Å². The molecule has 0 spiro atoms. The molecule has 129 heavy (non-hydrogen) atoms. The lowest BCUT2D eigenvalue weighted by atomic mass is 9.95. The first-order chi connectivity index (χ1) is 63.1. The van der Waals surface area contributed by atoms with Gasteiger partial charge in [0.1, 0.15) is 17.3 Å². The first-order valence-electron chi connectivity index (χ1n) is 43.0. The first kappa shape index (κ1) is 85.5. The quantitative estimate of drug-likeness (QED) is 0.0342. The van der Waals surface area contributed by atoms with Crippen LogP contribution in [-0.4, -0.2) is 162 Å². The molecule has 17 aromatic rings. The van der Waals surface area contributed by atoms with Gasteiger partial charge in [-0.3, -0.25) is 79.1 Å². The van der Waals surface area contributed by atoms with Gasteiger partial charge in [-0.1, -0.05) is 98.1 Å². The zero-order valence-corrected chi connectivity index (χ0v) is 71.4. The van der Waals surface area contributed by atoms with Crippen LogP contribution >= 0.6 is 0 Å². The average molecular weight is 1720 g/mol. The lowest BCUT2D eigenvalue weighted by Gasteiger charge is -2.32. The van der Waals surface area contributed by atoms with Gasteiger partial charge in [-0.25, -0.2) is 4.39 Å². The van der Waals surface area contributed by atoms with E-state index in [1.54, 1.807) is 55.6 Å². The molecule has 0 unspecified atom stereocenters. The number of nitrogens with one attached hydrogen (secondary N) is 9. The number of carbonyl (C=O) groups excluding carboxylic acids is 5. The smallest absolute Gasteiger partial charge is 0.276 e. The summed E-state index contributed by atoms with van der Waals surface area (Å²) >= 11 is 0. The fourth-order valence-corrected chi connectivity index (χ4v) is 16.0. The molecule has 3 aliphatic rings. The second-order valence-corrected chi connectivity index (χ2v) is 32.3. The van der Waals surface area contributed by atoms with Crippen LogP contribution in [0.4, 0.5) is 27.1 Å². The molecule has 0 atom stereocenters. The summed E-state index contributed by atoms with van der Waals surface area (Å²) in [6.45, 7) is 11.8. The molecule has 1 aliphatic carbocycles. The summed E-state index contributed by atoms with van der Waals surface area (Å²) in [5.74, 6) is -0.126. The van der Waals surface area contributed by atoms with Crippen LogP contribution < -0.4 is 31.3 Å². The van der Waals surface area contributed by atoms with E-state index in [1.807, 2.05) is 220 Å². The van der Waals surface area contributed by atoms with Gasteiger partial charge in [-0.15, -0.1) is 0 Å². The third-order valence-electron chi connectivity index (χ3n) is 23.1. The number of H-pyrrole nitrogens is 4. The molecule has 27 nitrogen and oxygen atoms in total. The van der Waals surface area contributed by atoms with Crippen molar-refractivity contribution in [1.29, 1.82) is 0 Å². The summed E-state index contributed by atoms with van der Waals surface area (Å²) < 4.78 is 20.5. The molecule has 9 N–H and O–H groups in total. The molecule has 8 aromatic carbocycles. The highest BCUT2D eigenvalue weighted by Crippen LogP contribution is 2.35. The molecule has 28 heteroatoms. The van der Waals surface area contributed by atoms with E-state index in [2.05, 4.69) is 120 Å². The number of fused-ring (bicyclic) bond motifs is 4. The van der Waals surface area contributed by atoms with E-state index >= 15 is 0 Å². The second-order valence-electron chi connectivity index (χ2n) is 32.3. The highest BCUT2D eigenvalue weighted by atomic mass is 19.1. The van der Waals surface area contributed by atoms with Crippen LogP contribution in [0, 0.1) is 19.7 Å². The van der Waals surface area contributed by atoms with Gasteiger partial charge in [0.05, 0.1) is 57.6 Å². The highest BCUT2D eigenvalue weighted by molar-refractivity contribution is 6.15. The molecule has 20 rings (SSSR count). The van der Waals surface area contributed by atoms with Gasteiger partial charge in [0.25, 0.3) is 29.5 Å². The van der Waals surface area contributed by atoms with Gasteiger partial charge in [-0.2, -0.15) is 20.4 Å². The summed E-state index contributed by atoms with van der Waals surface area (Å²) in [6.07, 6.45) is 25.4. The maximum absolute atomic E-state index is 14.6. The number of halogens is 1. The lowest BCUT2D eigenvalue weighted by Crippen LogP contribution is -2.43. The van der Waals surface area contributed by atoms with E-state index in [0.717, 1.165) is 177 Å². The summed E-state index contributed by atoms with van der Waals surface area (Å²) in [5, 5.41) is 46.2. The van der Waals surface area contributed by atoms with Crippen molar-refractivity contribution in [3.8, 4) is 56.0 Å². The Hall–Kier alpha value is -15.7. The molecule has 9 aromatic heterocycles. The van der Waals surface area contributed by atoms with E-state index < -0.39 is 0 Å². The van der Waals surface area contributed by atoms with E-state index in [-0.39, 0.29) is 47.1 Å². The zero-order chi connectivity index (χ0) is 88.5. The molecule has 5 amide bonds. The number of rotatable bonds is 20. The van der Waals surface area contributed by atoms with Crippen LogP contribution in [0.1, 0.15) is 120 Å². The van der Waals surface area contributed by atoms with Crippen molar-refractivity contribution in [2.75, 3.05) is 67.6 Å². The fraction of sp³-hybridized carbons (Fsp3) is 0.188. The van der Waals surface area contributed by atoms with Crippen molar-refractivity contribution in [1.82, 2.24) is 85.7 Å². The van der Waals surface area contributed by atoms with E-state index in [0.29, 0.717) is 62.8 Å². The van der Waals surface area contributed by atoms with Gasteiger partial charge in [0.15, 0.2) is 22.8 Å². The number of para-hydroxylation sites is 3. The molecular weight excluding hydrogens is 1620 g/mol. The standard InChI is InChI=1S/C26H27FN6O.C26H25N5O2.C25H18N4O2.C24H24N6O/c1-17-5-6-28-15-24(17)29-26(34)25-22-14-19(3-4-23(22)30-31-25)20-11-18(12-21(27)13-20)16-33-9-7-32(2)8-10-33;32-25(28-20-7-3-1-4-8-20)19-13-18(15-27-16-19)17-11-12-23-22(14-17)24(31-30-23)26(33)29-21-9-5-2-6-10-21;30-25(27-19-7-3-1-4-8-19)24-22-14-17(11-12-23(22)28-29-24)18-13-21(16-26-15-18)31-20-9-5-2-6-10-20;1-16-6-7-25-14-22(16)27-24(31)23-20-11-18(4-5-21(20)28-29-23)19-10-17(12-26-13-19)15-30-8-2-3-9-30/h3-6,11-15H,7-10,16H2,1-2H3,(H,29,34)(H,30,31);2,5-6,9-16,20H,1,3-4,7-8H2,(H,28,32)(H,29,33)(H,30,31);1-16H,(H,27,30)(H,28,29);4-7,10-14H,2-3,8-9,15H2,1H3,(H,27,31)(H,28,29). The van der Waals surface area contributed by atoms with E-state index in [1.165, 1.54) is 30.9 Å². The molecule has 11 heterocycles. The predicted molar refractivity (Wildman–Crippen MR) is 500 cm³/mol. The van der Waals surface area contributed by atoms with Crippen molar-refractivity contribution >= 4 is 95.9 Å². The van der Waals surface area contributed by atoms with Crippen molar-refractivity contribution in [2.45, 2.75) is 77.9 Å². The zero-order valence-electron chi connectivity index (χ0n) is 71.4. The normalized spacial score (nSPS) is 13.6. The largest absolute Gasteiger partial charge is 0.456 e. The number of aromatic amines is 4. The Kier molecular flexibility index (Phi) is 26.6. The third kappa shape index (κ3) is 21.3. The molecule has 2 aliphatic heterocycles. The summed E-state index contributed by atoms with van der Waals surface area (Å²) in [6, 6.07) is 66.4. The van der Waals surface area contributed by atoms with Gasteiger partial charge >= 0.3 is 0 Å². The summed E-state index contributed by atoms with van der Waals surface area (Å²) in [7, 11) is 2.12. The fourth-order valence-electron chi connectivity index (χ4n) is 16.0. The maximum atomic E-state index is 14.6. The minimum Gasteiger partial charge on any atom is -0.456 e. The molecule has 2 saturated heterocycles. The Morgan fingerprint density at radius 1 is 0.372 bits per heavy atom. The van der Waals surface area contributed by atoms with E-state index in [4.69, 9.17) is 4.74 Å². The second kappa shape index (κ2) is 40.1. The van der Waals surface area contributed by atoms with Crippen LogP contribution in [0.3, 0.4) is 0 Å². The van der Waals surface area contributed by atoms with Crippen molar-refractivity contribution in [3.63, 3.8) is 0 Å². The number of likely N-dealkylation sites (N-methyl/N-ethyl adjacent to an activating group) is 1. The maximum Gasteiger partial charge on any atom is 0.276 e. The van der Waals surface area contributed by atoms with Crippen LogP contribution in [0.15, 0.2) is 274 Å². The Morgan fingerprint density at radius 3 is 1.29 bits per heavy atom. The molecule has 1 saturated carbocycles. The number of aryl methyl sites for hydroxylation is 2. The number of ether oxygens (including phenoxy) is 1. The van der Waals surface area contributed by atoms with Gasteiger partial charge in [0, 0.05) is 138 Å². The molecule has 3 fully saturated rings. The summed E-state index contributed by atoms with van der Waals surface area (Å²) in [4.78, 5) is 92.5. The third-order valence-corrected chi connectivity index (χ3v) is 23.1.